The van der Waals surface area contributed by atoms with Crippen LogP contribution in [0.1, 0.15) is 30.4 Å². The Morgan fingerprint density at radius 3 is 2.60 bits per heavy atom. The van der Waals surface area contributed by atoms with Crippen molar-refractivity contribution in [3.8, 4) is 0 Å². The number of aryl methyl sites for hydroxylation is 1. The van der Waals surface area contributed by atoms with E-state index in [-0.39, 0.29) is 18.4 Å². The molecular formula is C16H21NO3. The largest absolute Gasteiger partial charge is 0.481 e. The summed E-state index contributed by atoms with van der Waals surface area (Å²) < 4.78 is 0. The quantitative estimate of drug-likeness (QED) is 0.836. The molecule has 1 fully saturated rings. The summed E-state index contributed by atoms with van der Waals surface area (Å²) in [7, 11) is 0. The number of hydrogen-bond acceptors (Lipinski definition) is 2. The maximum atomic E-state index is 11.8. The highest BCUT2D eigenvalue weighted by Gasteiger charge is 2.26. The van der Waals surface area contributed by atoms with Crippen LogP contribution in [-0.2, 0) is 16.0 Å². The summed E-state index contributed by atoms with van der Waals surface area (Å²) in [6.07, 6.45) is 3.42. The summed E-state index contributed by atoms with van der Waals surface area (Å²) in [4.78, 5) is 23.1. The minimum Gasteiger partial charge on any atom is -0.481 e. The molecule has 0 aliphatic heterocycles. The fourth-order valence-electron chi connectivity index (χ4n) is 2.39. The van der Waals surface area contributed by atoms with Gasteiger partial charge in [-0.2, -0.15) is 0 Å². The average molecular weight is 275 g/mol. The van der Waals surface area contributed by atoms with E-state index in [0.29, 0.717) is 6.42 Å². The van der Waals surface area contributed by atoms with E-state index in [1.807, 2.05) is 31.2 Å². The maximum Gasteiger partial charge on any atom is 0.308 e. The minimum absolute atomic E-state index is 0.00674. The van der Waals surface area contributed by atoms with E-state index in [9.17, 15) is 14.7 Å². The molecule has 4 heteroatoms. The first-order valence-corrected chi connectivity index (χ1v) is 7.13. The Morgan fingerprint density at radius 1 is 1.35 bits per heavy atom. The zero-order valence-corrected chi connectivity index (χ0v) is 11.8. The third-order valence-corrected chi connectivity index (χ3v) is 4.08. The van der Waals surface area contributed by atoms with Gasteiger partial charge in [-0.25, -0.2) is 0 Å². The summed E-state index contributed by atoms with van der Waals surface area (Å²) >= 11 is 0. The van der Waals surface area contributed by atoms with Gasteiger partial charge in [0.25, 0.3) is 0 Å². The van der Waals surface area contributed by atoms with Crippen LogP contribution in [0.5, 0.6) is 0 Å². The molecule has 1 atom stereocenters. The third-order valence-electron chi connectivity index (χ3n) is 4.08. The van der Waals surface area contributed by atoms with Crippen molar-refractivity contribution in [3.05, 3.63) is 35.4 Å². The Morgan fingerprint density at radius 2 is 2.05 bits per heavy atom. The lowest BCUT2D eigenvalue weighted by Gasteiger charge is -2.25. The molecule has 1 aliphatic carbocycles. The lowest BCUT2D eigenvalue weighted by Crippen LogP contribution is -2.39. The van der Waals surface area contributed by atoms with Gasteiger partial charge in [-0.05, 0) is 37.3 Å². The number of carboxylic acids is 1. The first kappa shape index (κ1) is 14.6. The van der Waals surface area contributed by atoms with Crippen LogP contribution in [0.25, 0.3) is 0 Å². The second-order valence-corrected chi connectivity index (χ2v) is 5.54. The molecule has 0 radical (unpaired) electrons. The number of carbonyl (C=O) groups excluding carboxylic acids is 1. The molecule has 0 aromatic heterocycles. The fraction of sp³-hybridized carbons (Fsp3) is 0.500. The molecule has 1 aliphatic rings. The Kier molecular flexibility index (Phi) is 4.77. The van der Waals surface area contributed by atoms with Crippen molar-refractivity contribution >= 4 is 11.9 Å². The van der Waals surface area contributed by atoms with E-state index in [4.69, 9.17) is 0 Å². The molecule has 4 nitrogen and oxygen atoms in total. The zero-order valence-electron chi connectivity index (χ0n) is 11.8. The highest BCUT2D eigenvalue weighted by atomic mass is 16.4. The first-order valence-electron chi connectivity index (χ1n) is 7.13. The van der Waals surface area contributed by atoms with Crippen LogP contribution < -0.4 is 5.32 Å². The van der Waals surface area contributed by atoms with Crippen LogP contribution in [0.2, 0.25) is 0 Å². The summed E-state index contributed by atoms with van der Waals surface area (Å²) in [5.41, 5.74) is 2.11. The number of amides is 1. The summed E-state index contributed by atoms with van der Waals surface area (Å²) in [5, 5.41) is 12.1. The number of benzene rings is 1. The molecule has 1 aromatic rings. The highest BCUT2D eigenvalue weighted by Crippen LogP contribution is 2.26. The van der Waals surface area contributed by atoms with E-state index in [1.165, 1.54) is 0 Å². The Labute approximate surface area is 119 Å². The van der Waals surface area contributed by atoms with Crippen molar-refractivity contribution in [1.82, 2.24) is 5.32 Å². The van der Waals surface area contributed by atoms with Gasteiger partial charge in [0.1, 0.15) is 0 Å². The predicted octanol–water partition coefficient (Wildman–Crippen LogP) is 2.15. The van der Waals surface area contributed by atoms with Crippen molar-refractivity contribution in [2.24, 2.45) is 11.8 Å². The molecule has 0 saturated heterocycles. The van der Waals surface area contributed by atoms with Gasteiger partial charge in [-0.1, -0.05) is 30.7 Å². The van der Waals surface area contributed by atoms with E-state index >= 15 is 0 Å². The van der Waals surface area contributed by atoms with Crippen LogP contribution in [0, 0.1) is 18.8 Å². The molecule has 0 bridgehead atoms. The van der Waals surface area contributed by atoms with E-state index in [1.54, 1.807) is 0 Å². The van der Waals surface area contributed by atoms with Gasteiger partial charge in [-0.15, -0.1) is 0 Å². The van der Waals surface area contributed by atoms with Crippen molar-refractivity contribution in [2.75, 3.05) is 6.54 Å². The van der Waals surface area contributed by atoms with Crippen molar-refractivity contribution in [3.63, 3.8) is 0 Å². The van der Waals surface area contributed by atoms with Gasteiger partial charge in [0.2, 0.25) is 5.91 Å². The second kappa shape index (κ2) is 6.55. The number of carboxylic acid groups (broad SMARTS) is 1. The molecule has 108 valence electrons. The Balaban J connectivity index is 1.92. The van der Waals surface area contributed by atoms with Crippen LogP contribution in [0.4, 0.5) is 0 Å². The molecule has 0 spiro atoms. The SMILES string of the molecule is Cc1ccccc1C[C@@H](CNC(=O)C1CCC1)C(=O)O. The number of rotatable bonds is 6. The van der Waals surface area contributed by atoms with Crippen LogP contribution in [-0.4, -0.2) is 23.5 Å². The number of nitrogens with one attached hydrogen (secondary N) is 1. The minimum atomic E-state index is -0.859. The number of aliphatic carboxylic acids is 1. The third kappa shape index (κ3) is 3.59. The molecular weight excluding hydrogens is 254 g/mol. The van der Waals surface area contributed by atoms with Gasteiger partial charge in [0.15, 0.2) is 0 Å². The van der Waals surface area contributed by atoms with E-state index in [2.05, 4.69) is 5.32 Å². The van der Waals surface area contributed by atoms with Gasteiger partial charge >= 0.3 is 5.97 Å². The van der Waals surface area contributed by atoms with E-state index in [0.717, 1.165) is 30.4 Å². The summed E-state index contributed by atoms with van der Waals surface area (Å²) in [5.74, 6) is -1.32. The first-order chi connectivity index (χ1) is 9.58. The molecule has 1 amide bonds. The van der Waals surface area contributed by atoms with Crippen molar-refractivity contribution in [2.45, 2.75) is 32.6 Å². The van der Waals surface area contributed by atoms with Gasteiger partial charge in [-0.3, -0.25) is 9.59 Å². The zero-order chi connectivity index (χ0) is 14.5. The Bertz CT molecular complexity index is 494. The van der Waals surface area contributed by atoms with Gasteiger partial charge < -0.3 is 10.4 Å². The highest BCUT2D eigenvalue weighted by molar-refractivity contribution is 5.80. The number of hydrogen-bond donors (Lipinski definition) is 2. The average Bonchev–Trinajstić information content (AvgIpc) is 2.34. The van der Waals surface area contributed by atoms with E-state index < -0.39 is 11.9 Å². The lowest BCUT2D eigenvalue weighted by atomic mass is 9.84. The molecule has 20 heavy (non-hydrogen) atoms. The van der Waals surface area contributed by atoms with Crippen LogP contribution in [0.3, 0.4) is 0 Å². The fourth-order valence-corrected chi connectivity index (χ4v) is 2.39. The van der Waals surface area contributed by atoms with Gasteiger partial charge in [0, 0.05) is 12.5 Å². The lowest BCUT2D eigenvalue weighted by molar-refractivity contribution is -0.141. The molecule has 0 unspecified atom stereocenters. The monoisotopic (exact) mass is 275 g/mol. The predicted molar refractivity (Wildman–Crippen MR) is 76.4 cm³/mol. The smallest absolute Gasteiger partial charge is 0.308 e. The molecule has 2 rings (SSSR count). The van der Waals surface area contributed by atoms with Crippen LogP contribution >= 0.6 is 0 Å². The molecule has 0 heterocycles. The number of carbonyl (C=O) groups is 2. The van der Waals surface area contributed by atoms with Crippen molar-refractivity contribution in [1.29, 1.82) is 0 Å². The molecule has 1 saturated carbocycles. The summed E-state index contributed by atoms with van der Waals surface area (Å²) in [6.45, 7) is 2.18. The molecule has 2 N–H and O–H groups in total. The van der Waals surface area contributed by atoms with Crippen LogP contribution in [0.15, 0.2) is 24.3 Å². The normalized spacial score (nSPS) is 16.2. The second-order valence-electron chi connectivity index (χ2n) is 5.54. The molecule has 1 aromatic carbocycles. The Hall–Kier alpha value is -1.84. The summed E-state index contributed by atoms with van der Waals surface area (Å²) in [6, 6.07) is 7.77. The standard InChI is InChI=1S/C16H21NO3/c1-11-5-2-3-6-13(11)9-14(16(19)20)10-17-15(18)12-7-4-8-12/h2-3,5-6,12,14H,4,7-10H2,1H3,(H,17,18)(H,19,20)/t14-/m0/s1. The van der Waals surface area contributed by atoms with Gasteiger partial charge in [0.05, 0.1) is 5.92 Å². The maximum absolute atomic E-state index is 11.8. The topological polar surface area (TPSA) is 66.4 Å². The van der Waals surface area contributed by atoms with Crippen molar-refractivity contribution < 1.29 is 14.7 Å².